The molecule has 0 saturated heterocycles. The van der Waals surface area contributed by atoms with E-state index in [9.17, 15) is 4.79 Å². The topological polar surface area (TPSA) is 69.2 Å². The molecule has 1 atom stereocenters. The van der Waals surface area contributed by atoms with Gasteiger partial charge in [-0.05, 0) is 50.2 Å². The van der Waals surface area contributed by atoms with Crippen LogP contribution >= 0.6 is 23.2 Å². The SMILES string of the molecule is COc1ccc(/C(C)=N\NC(=O)C(C)Oc2ccc(Cl)cc2Cl)cc1OC. The lowest BCUT2D eigenvalue weighted by molar-refractivity contribution is -0.127. The zero-order chi connectivity index (χ0) is 20.0. The van der Waals surface area contributed by atoms with Gasteiger partial charge < -0.3 is 14.2 Å². The summed E-state index contributed by atoms with van der Waals surface area (Å²) in [5.41, 5.74) is 3.86. The predicted molar refractivity (Wildman–Crippen MR) is 106 cm³/mol. The Balaban J connectivity index is 2.04. The number of nitrogens with zero attached hydrogens (tertiary/aromatic N) is 1. The fourth-order valence-corrected chi connectivity index (χ4v) is 2.62. The van der Waals surface area contributed by atoms with E-state index in [1.165, 1.54) is 0 Å². The smallest absolute Gasteiger partial charge is 0.280 e. The molecule has 0 bridgehead atoms. The van der Waals surface area contributed by atoms with Crippen LogP contribution in [0.15, 0.2) is 41.5 Å². The third kappa shape index (κ3) is 5.52. The molecule has 0 saturated carbocycles. The van der Waals surface area contributed by atoms with Crippen molar-refractivity contribution in [1.82, 2.24) is 5.43 Å². The van der Waals surface area contributed by atoms with Gasteiger partial charge in [-0.3, -0.25) is 4.79 Å². The summed E-state index contributed by atoms with van der Waals surface area (Å²) < 4.78 is 16.0. The van der Waals surface area contributed by atoms with Crippen LogP contribution < -0.4 is 19.6 Å². The largest absolute Gasteiger partial charge is 0.493 e. The molecule has 2 aromatic carbocycles. The lowest BCUT2D eigenvalue weighted by Crippen LogP contribution is -2.34. The minimum Gasteiger partial charge on any atom is -0.493 e. The number of nitrogens with one attached hydrogen (secondary N) is 1. The van der Waals surface area contributed by atoms with Crippen molar-refractivity contribution in [1.29, 1.82) is 0 Å². The summed E-state index contributed by atoms with van der Waals surface area (Å²) in [6, 6.07) is 10.1. The van der Waals surface area contributed by atoms with Gasteiger partial charge in [0, 0.05) is 10.6 Å². The van der Waals surface area contributed by atoms with E-state index in [0.29, 0.717) is 33.0 Å². The van der Waals surface area contributed by atoms with Crippen LogP contribution in [0.3, 0.4) is 0 Å². The highest BCUT2D eigenvalue weighted by molar-refractivity contribution is 6.35. The van der Waals surface area contributed by atoms with Gasteiger partial charge in [0.2, 0.25) is 0 Å². The molecule has 1 N–H and O–H groups in total. The van der Waals surface area contributed by atoms with E-state index >= 15 is 0 Å². The fourth-order valence-electron chi connectivity index (χ4n) is 2.17. The molecule has 2 aromatic rings. The number of ether oxygens (including phenoxy) is 3. The van der Waals surface area contributed by atoms with Gasteiger partial charge in [0.25, 0.3) is 5.91 Å². The molecular weight excluding hydrogens is 391 g/mol. The number of hydrogen-bond acceptors (Lipinski definition) is 5. The van der Waals surface area contributed by atoms with Crippen LogP contribution in [0.5, 0.6) is 17.2 Å². The number of amides is 1. The van der Waals surface area contributed by atoms with Crippen molar-refractivity contribution in [2.45, 2.75) is 20.0 Å². The highest BCUT2D eigenvalue weighted by Gasteiger charge is 2.16. The molecule has 0 radical (unpaired) electrons. The number of rotatable bonds is 7. The number of methoxy groups -OCH3 is 2. The van der Waals surface area contributed by atoms with Crippen LogP contribution in [0.25, 0.3) is 0 Å². The number of carbonyl (C=O) groups is 1. The first-order valence-electron chi connectivity index (χ1n) is 8.04. The first kappa shape index (κ1) is 20.9. The van der Waals surface area contributed by atoms with Crippen molar-refractivity contribution in [2.24, 2.45) is 5.10 Å². The van der Waals surface area contributed by atoms with Gasteiger partial charge in [0.15, 0.2) is 17.6 Å². The Bertz CT molecular complexity index is 856. The molecule has 0 aliphatic rings. The molecule has 27 heavy (non-hydrogen) atoms. The van der Waals surface area contributed by atoms with E-state index < -0.39 is 12.0 Å². The first-order chi connectivity index (χ1) is 12.8. The van der Waals surface area contributed by atoms with Gasteiger partial charge in [-0.15, -0.1) is 0 Å². The third-order valence-corrected chi connectivity index (χ3v) is 4.23. The van der Waals surface area contributed by atoms with Crippen LogP contribution in [0.2, 0.25) is 10.0 Å². The number of benzene rings is 2. The molecule has 6 nitrogen and oxygen atoms in total. The normalized spacial score (nSPS) is 12.3. The summed E-state index contributed by atoms with van der Waals surface area (Å²) in [6.45, 7) is 3.37. The van der Waals surface area contributed by atoms with Crippen LogP contribution in [0.1, 0.15) is 19.4 Å². The summed E-state index contributed by atoms with van der Waals surface area (Å²) in [5.74, 6) is 1.13. The average molecular weight is 411 g/mol. The quantitative estimate of drug-likeness (QED) is 0.544. The Hall–Kier alpha value is -2.44. The van der Waals surface area contributed by atoms with E-state index in [4.69, 9.17) is 37.4 Å². The maximum atomic E-state index is 12.2. The summed E-state index contributed by atoms with van der Waals surface area (Å²) >= 11 is 11.9. The minimum absolute atomic E-state index is 0.326. The van der Waals surface area contributed by atoms with Gasteiger partial charge in [0.05, 0.1) is 25.0 Å². The van der Waals surface area contributed by atoms with Crippen molar-refractivity contribution in [3.63, 3.8) is 0 Å². The number of hydrazone groups is 1. The molecular formula is C19H20Cl2N2O4. The molecule has 0 spiro atoms. The monoisotopic (exact) mass is 410 g/mol. The van der Waals surface area contributed by atoms with E-state index in [1.54, 1.807) is 58.4 Å². The number of carbonyl (C=O) groups excluding carboxylic acids is 1. The Labute approximate surface area is 168 Å². The molecule has 1 unspecified atom stereocenters. The summed E-state index contributed by atoms with van der Waals surface area (Å²) in [5, 5.41) is 4.92. The lowest BCUT2D eigenvalue weighted by Gasteiger charge is -2.14. The van der Waals surface area contributed by atoms with E-state index in [2.05, 4.69) is 10.5 Å². The van der Waals surface area contributed by atoms with Gasteiger partial charge in [-0.1, -0.05) is 23.2 Å². The number of hydrogen-bond donors (Lipinski definition) is 1. The Morgan fingerprint density at radius 1 is 1.04 bits per heavy atom. The summed E-state index contributed by atoms with van der Waals surface area (Å²) in [4.78, 5) is 12.2. The van der Waals surface area contributed by atoms with Crippen molar-refractivity contribution in [3.05, 3.63) is 52.0 Å². The van der Waals surface area contributed by atoms with E-state index in [-0.39, 0.29) is 0 Å². The molecule has 0 aliphatic heterocycles. The van der Waals surface area contributed by atoms with Crippen LogP contribution in [-0.4, -0.2) is 31.9 Å². The molecule has 144 valence electrons. The molecule has 0 fully saturated rings. The van der Waals surface area contributed by atoms with Gasteiger partial charge >= 0.3 is 0 Å². The maximum absolute atomic E-state index is 12.2. The minimum atomic E-state index is -0.800. The second-order valence-corrected chi connectivity index (χ2v) is 6.42. The molecule has 0 heterocycles. The van der Waals surface area contributed by atoms with Gasteiger partial charge in [-0.25, -0.2) is 5.43 Å². The van der Waals surface area contributed by atoms with Gasteiger partial charge in [-0.2, -0.15) is 5.10 Å². The van der Waals surface area contributed by atoms with E-state index in [0.717, 1.165) is 5.56 Å². The van der Waals surface area contributed by atoms with Crippen molar-refractivity contribution in [3.8, 4) is 17.2 Å². The zero-order valence-electron chi connectivity index (χ0n) is 15.4. The second kappa shape index (κ2) is 9.48. The Morgan fingerprint density at radius 2 is 1.70 bits per heavy atom. The maximum Gasteiger partial charge on any atom is 0.280 e. The van der Waals surface area contributed by atoms with Crippen molar-refractivity contribution < 1.29 is 19.0 Å². The third-order valence-electron chi connectivity index (χ3n) is 3.70. The van der Waals surface area contributed by atoms with Crippen LogP contribution in [-0.2, 0) is 4.79 Å². The highest BCUT2D eigenvalue weighted by Crippen LogP contribution is 2.29. The number of halogens is 2. The highest BCUT2D eigenvalue weighted by atomic mass is 35.5. The lowest BCUT2D eigenvalue weighted by atomic mass is 10.1. The van der Waals surface area contributed by atoms with Crippen molar-refractivity contribution in [2.75, 3.05) is 14.2 Å². The molecule has 8 heteroatoms. The molecule has 0 aliphatic carbocycles. The molecule has 2 rings (SSSR count). The zero-order valence-corrected chi connectivity index (χ0v) is 16.9. The summed E-state index contributed by atoms with van der Waals surface area (Å²) in [7, 11) is 3.11. The second-order valence-electron chi connectivity index (χ2n) is 5.58. The van der Waals surface area contributed by atoms with E-state index in [1.807, 2.05) is 6.07 Å². The molecule has 0 aromatic heterocycles. The predicted octanol–water partition coefficient (Wildman–Crippen LogP) is 4.32. The average Bonchev–Trinajstić information content (AvgIpc) is 2.67. The van der Waals surface area contributed by atoms with Crippen molar-refractivity contribution >= 4 is 34.8 Å². The summed E-state index contributed by atoms with van der Waals surface area (Å²) in [6.07, 6.45) is -0.800. The van der Waals surface area contributed by atoms with Crippen LogP contribution in [0.4, 0.5) is 0 Å². The Morgan fingerprint density at radius 3 is 2.33 bits per heavy atom. The van der Waals surface area contributed by atoms with Crippen LogP contribution in [0, 0.1) is 0 Å². The fraction of sp³-hybridized carbons (Fsp3) is 0.263. The van der Waals surface area contributed by atoms with Gasteiger partial charge in [0.1, 0.15) is 5.75 Å². The standard InChI is InChI=1S/C19H20Cl2N2O4/c1-11(13-5-7-17(25-3)18(9-13)26-4)22-23-19(24)12(2)27-16-8-6-14(20)10-15(16)21/h5-10,12H,1-4H3,(H,23,24)/b22-11-. The molecule has 1 amide bonds. The first-order valence-corrected chi connectivity index (χ1v) is 8.79. The Kier molecular flexibility index (Phi) is 7.33.